The smallest absolute Gasteiger partial charge is 0.254 e. The van der Waals surface area contributed by atoms with Crippen molar-refractivity contribution in [3.63, 3.8) is 0 Å². The van der Waals surface area contributed by atoms with Crippen LogP contribution in [0.5, 0.6) is 5.75 Å². The minimum atomic E-state index is -0.279. The molecule has 6 rings (SSSR count). The van der Waals surface area contributed by atoms with Gasteiger partial charge < -0.3 is 19.8 Å². The topological polar surface area (TPSA) is 89.2 Å². The summed E-state index contributed by atoms with van der Waals surface area (Å²) < 4.78 is 23.8. The number of hydrogen-bond donors (Lipinski definition) is 1. The maximum absolute atomic E-state index is 14.6. The van der Waals surface area contributed by atoms with E-state index in [1.807, 2.05) is 35.5 Å². The Morgan fingerprint density at radius 3 is 2.86 bits per heavy atom. The van der Waals surface area contributed by atoms with Crippen molar-refractivity contribution in [3.8, 4) is 16.9 Å². The molecule has 180 valence electrons. The number of halogens is 1. The zero-order chi connectivity index (χ0) is 24.8. The maximum Gasteiger partial charge on any atom is 0.254 e. The van der Waals surface area contributed by atoms with Crippen molar-refractivity contribution in [1.82, 2.24) is 33.9 Å². The molecule has 0 atom stereocenters. The Morgan fingerprint density at radius 2 is 2.03 bits per heavy atom. The quantitative estimate of drug-likeness (QED) is 0.368. The van der Waals surface area contributed by atoms with E-state index in [1.165, 1.54) is 6.07 Å². The van der Waals surface area contributed by atoms with Crippen molar-refractivity contribution in [2.45, 2.75) is 19.5 Å². The highest BCUT2D eigenvalue weighted by molar-refractivity contribution is 5.87. The largest absolute Gasteiger partial charge is 0.493 e. The summed E-state index contributed by atoms with van der Waals surface area (Å²) in [5, 5.41) is 11.6. The third kappa shape index (κ3) is 3.50. The van der Waals surface area contributed by atoms with Crippen LogP contribution < -0.4 is 10.1 Å². The molecule has 0 radical (unpaired) electrons. The van der Waals surface area contributed by atoms with E-state index in [1.54, 1.807) is 29.2 Å². The van der Waals surface area contributed by atoms with E-state index in [-0.39, 0.29) is 12.4 Å². The Kier molecular flexibility index (Phi) is 5.23. The minimum absolute atomic E-state index is 0.246. The van der Waals surface area contributed by atoms with Gasteiger partial charge in [0.25, 0.3) is 5.82 Å². The molecule has 0 fully saturated rings. The molecular weight excluding hydrogens is 461 g/mol. The summed E-state index contributed by atoms with van der Waals surface area (Å²) in [6, 6.07) is 7.06. The van der Waals surface area contributed by atoms with Gasteiger partial charge in [-0.05, 0) is 38.4 Å². The monoisotopic (exact) mass is 483 g/mol. The normalized spacial score (nSPS) is 12.8. The zero-order valence-electron chi connectivity index (χ0n) is 19.7. The Labute approximate surface area is 205 Å². The second-order valence-electron chi connectivity index (χ2n) is 8.84. The predicted octanol–water partition coefficient (Wildman–Crippen LogP) is 3.74. The molecule has 1 aliphatic heterocycles. The maximum atomic E-state index is 14.6. The van der Waals surface area contributed by atoms with Crippen LogP contribution in [0.3, 0.4) is 0 Å². The predicted molar refractivity (Wildman–Crippen MR) is 132 cm³/mol. The van der Waals surface area contributed by atoms with Crippen LogP contribution in [0.2, 0.25) is 0 Å². The van der Waals surface area contributed by atoms with Gasteiger partial charge in [0, 0.05) is 30.3 Å². The number of anilines is 1. The molecule has 5 heterocycles. The third-order valence-electron chi connectivity index (χ3n) is 6.29. The lowest BCUT2D eigenvalue weighted by molar-refractivity contribution is 0.356. The molecule has 5 aromatic rings. The van der Waals surface area contributed by atoms with Crippen molar-refractivity contribution >= 4 is 23.1 Å². The summed E-state index contributed by atoms with van der Waals surface area (Å²) in [6.45, 7) is 9.03. The Bertz CT molecular complexity index is 1660. The van der Waals surface area contributed by atoms with Crippen LogP contribution in [-0.2, 0) is 19.5 Å². The molecule has 10 nitrogen and oxygen atoms in total. The van der Waals surface area contributed by atoms with E-state index in [0.29, 0.717) is 48.2 Å². The highest BCUT2D eigenvalue weighted by Crippen LogP contribution is 2.33. The molecule has 1 aliphatic rings. The molecule has 0 spiro atoms. The number of nitrogens with zero attached hydrogens (tertiary/aromatic N) is 8. The summed E-state index contributed by atoms with van der Waals surface area (Å²) >= 11 is 0. The molecule has 0 saturated carbocycles. The molecule has 0 aliphatic carbocycles. The summed E-state index contributed by atoms with van der Waals surface area (Å²) in [6.07, 6.45) is 5.52. The number of hydrogen-bond acceptors (Lipinski definition) is 7. The van der Waals surface area contributed by atoms with Crippen LogP contribution in [0, 0.1) is 12.4 Å². The SMILES string of the molecule is [C-]#[N+]c1cnc2c(-c3cnc(NCc4c(F)ccc5c4CCO5)n4cnnc34)ccc(CN(C)C)n12. The average Bonchev–Trinajstić information content (AvgIpc) is 3.62. The number of nitrogens with one attached hydrogen (secondary N) is 1. The summed E-state index contributed by atoms with van der Waals surface area (Å²) in [4.78, 5) is 14.8. The molecule has 1 N–H and O–H groups in total. The van der Waals surface area contributed by atoms with Gasteiger partial charge in [-0.3, -0.25) is 4.40 Å². The number of pyridine rings is 1. The number of aromatic nitrogens is 6. The Hall–Kier alpha value is -4.56. The molecule has 36 heavy (non-hydrogen) atoms. The first kappa shape index (κ1) is 21.9. The minimum Gasteiger partial charge on any atom is -0.493 e. The van der Waals surface area contributed by atoms with E-state index < -0.39 is 0 Å². The lowest BCUT2D eigenvalue weighted by Gasteiger charge is -2.14. The zero-order valence-corrected chi connectivity index (χ0v) is 19.7. The summed E-state index contributed by atoms with van der Waals surface area (Å²) in [5.41, 5.74) is 5.13. The van der Waals surface area contributed by atoms with Gasteiger partial charge in [-0.25, -0.2) is 18.8 Å². The van der Waals surface area contributed by atoms with Gasteiger partial charge >= 0.3 is 0 Å². The van der Waals surface area contributed by atoms with Crippen LogP contribution >= 0.6 is 0 Å². The second kappa shape index (κ2) is 8.58. The highest BCUT2D eigenvalue weighted by Gasteiger charge is 2.22. The van der Waals surface area contributed by atoms with Crippen LogP contribution in [0.25, 0.3) is 27.3 Å². The van der Waals surface area contributed by atoms with Crippen LogP contribution in [0.15, 0.2) is 43.0 Å². The number of rotatable bonds is 6. The summed E-state index contributed by atoms with van der Waals surface area (Å²) in [7, 11) is 3.96. The van der Waals surface area contributed by atoms with E-state index in [4.69, 9.17) is 11.3 Å². The second-order valence-corrected chi connectivity index (χ2v) is 8.84. The first-order valence-corrected chi connectivity index (χ1v) is 11.4. The van der Waals surface area contributed by atoms with Crippen molar-refractivity contribution in [2.75, 3.05) is 26.0 Å². The van der Waals surface area contributed by atoms with E-state index >= 15 is 0 Å². The van der Waals surface area contributed by atoms with Gasteiger partial charge in [0.1, 0.15) is 23.6 Å². The van der Waals surface area contributed by atoms with Gasteiger partial charge in [-0.2, -0.15) is 0 Å². The van der Waals surface area contributed by atoms with E-state index in [2.05, 4.69) is 30.3 Å². The molecule has 11 heteroatoms. The van der Waals surface area contributed by atoms with Crippen molar-refractivity contribution in [3.05, 3.63) is 77.0 Å². The van der Waals surface area contributed by atoms with Gasteiger partial charge in [-0.15, -0.1) is 10.2 Å². The molecule has 4 aromatic heterocycles. The number of fused-ring (bicyclic) bond motifs is 3. The first-order valence-electron chi connectivity index (χ1n) is 11.4. The third-order valence-corrected chi connectivity index (χ3v) is 6.29. The fourth-order valence-electron chi connectivity index (χ4n) is 4.70. The Balaban J connectivity index is 1.40. The van der Waals surface area contributed by atoms with Gasteiger partial charge in [0.2, 0.25) is 11.6 Å². The fraction of sp³-hybridized carbons (Fsp3) is 0.240. The molecule has 1 aromatic carbocycles. The molecular formula is C25H22FN9O. The van der Waals surface area contributed by atoms with E-state index in [0.717, 1.165) is 28.1 Å². The van der Waals surface area contributed by atoms with Crippen molar-refractivity contribution in [1.29, 1.82) is 0 Å². The standard InChI is InChI=1S/C25H22FN9O/c1-27-22-12-28-23-17(5-4-15(35(22)23)13-33(2)3)19-11-30-25(34-14-31-32-24(19)34)29-10-18-16-8-9-36-21(16)7-6-20(18)26/h4-7,11-12,14H,8-10,13H2,2-3H3,(H,29,30). The average molecular weight is 484 g/mol. The van der Waals surface area contributed by atoms with Crippen LogP contribution in [-0.4, -0.2) is 54.6 Å². The van der Waals surface area contributed by atoms with Crippen LogP contribution in [0.1, 0.15) is 16.8 Å². The molecule has 0 bridgehead atoms. The Morgan fingerprint density at radius 1 is 1.14 bits per heavy atom. The van der Waals surface area contributed by atoms with Gasteiger partial charge in [0.05, 0.1) is 30.5 Å². The van der Waals surface area contributed by atoms with Gasteiger partial charge in [-0.1, -0.05) is 6.57 Å². The molecule has 0 unspecified atom stereocenters. The first-order chi connectivity index (χ1) is 17.5. The molecule has 0 saturated heterocycles. The molecule has 0 amide bonds. The summed E-state index contributed by atoms with van der Waals surface area (Å²) in [5.74, 6) is 1.37. The number of ether oxygens (including phenoxy) is 1. The highest BCUT2D eigenvalue weighted by atomic mass is 19.1. The fourth-order valence-corrected chi connectivity index (χ4v) is 4.70. The van der Waals surface area contributed by atoms with Crippen molar-refractivity contribution in [2.24, 2.45) is 0 Å². The lowest BCUT2D eigenvalue weighted by Crippen LogP contribution is -2.13. The van der Waals surface area contributed by atoms with Gasteiger partial charge in [0.15, 0.2) is 5.65 Å². The lowest BCUT2D eigenvalue weighted by atomic mass is 10.0. The number of benzene rings is 1. The van der Waals surface area contributed by atoms with Crippen molar-refractivity contribution < 1.29 is 9.13 Å². The number of imidazole rings is 1. The van der Waals surface area contributed by atoms with E-state index in [9.17, 15) is 4.39 Å². The van der Waals surface area contributed by atoms with Crippen LogP contribution in [0.4, 0.5) is 16.2 Å².